The van der Waals surface area contributed by atoms with Gasteiger partial charge in [-0.25, -0.2) is 0 Å². The third kappa shape index (κ3) is 2.72. The van der Waals surface area contributed by atoms with Crippen molar-refractivity contribution in [2.45, 2.75) is 44.4 Å². The number of nitrogens with one attached hydrogen (secondary N) is 1. The van der Waals surface area contributed by atoms with Gasteiger partial charge in [0.05, 0.1) is 6.10 Å². The van der Waals surface area contributed by atoms with Crippen LogP contribution in [-0.4, -0.2) is 19.3 Å². The Morgan fingerprint density at radius 3 is 2.70 bits per heavy atom. The molecule has 2 aromatic rings. The van der Waals surface area contributed by atoms with Gasteiger partial charge in [-0.1, -0.05) is 42.5 Å². The first-order valence-corrected chi connectivity index (χ1v) is 7.54. The third-order valence-corrected chi connectivity index (χ3v) is 4.49. The largest absolute Gasteiger partial charge is 0.381 e. The van der Waals surface area contributed by atoms with Crippen LogP contribution in [0.3, 0.4) is 0 Å². The van der Waals surface area contributed by atoms with Gasteiger partial charge in [0.15, 0.2) is 0 Å². The van der Waals surface area contributed by atoms with Crippen LogP contribution < -0.4 is 5.32 Å². The minimum Gasteiger partial charge on any atom is -0.381 e. The van der Waals surface area contributed by atoms with E-state index < -0.39 is 0 Å². The van der Waals surface area contributed by atoms with Crippen LogP contribution in [0.4, 0.5) is 0 Å². The topological polar surface area (TPSA) is 21.3 Å². The second-order valence-corrected chi connectivity index (χ2v) is 5.82. The monoisotopic (exact) mass is 269 g/mol. The number of hydrogen-bond acceptors (Lipinski definition) is 2. The Balaban J connectivity index is 1.77. The van der Waals surface area contributed by atoms with Crippen molar-refractivity contribution in [1.82, 2.24) is 5.32 Å². The molecule has 2 nitrogen and oxygen atoms in total. The number of benzene rings is 2. The highest BCUT2D eigenvalue weighted by molar-refractivity contribution is 5.86. The van der Waals surface area contributed by atoms with Gasteiger partial charge in [0.1, 0.15) is 0 Å². The number of hydrogen-bond donors (Lipinski definition) is 1. The molecule has 1 saturated carbocycles. The zero-order valence-electron chi connectivity index (χ0n) is 12.3. The summed E-state index contributed by atoms with van der Waals surface area (Å²) in [5, 5.41) is 6.45. The first kappa shape index (κ1) is 13.6. The standard InChI is InChI=1S/C18H23NO/c1-13(19-15-10-11-16(12-15)20-2)17-9-5-7-14-6-3-4-8-18(14)17/h3-9,13,15-16,19H,10-12H2,1-2H3. The van der Waals surface area contributed by atoms with Crippen LogP contribution in [0.15, 0.2) is 42.5 Å². The molecule has 106 valence electrons. The number of ether oxygens (including phenoxy) is 1. The fourth-order valence-electron chi connectivity index (χ4n) is 3.38. The van der Waals surface area contributed by atoms with Gasteiger partial charge in [-0.15, -0.1) is 0 Å². The van der Waals surface area contributed by atoms with Crippen molar-refractivity contribution in [3.8, 4) is 0 Å². The molecule has 1 fully saturated rings. The van der Waals surface area contributed by atoms with Crippen LogP contribution in [0.5, 0.6) is 0 Å². The van der Waals surface area contributed by atoms with Gasteiger partial charge in [-0.3, -0.25) is 0 Å². The van der Waals surface area contributed by atoms with E-state index in [-0.39, 0.29) is 0 Å². The molecule has 0 saturated heterocycles. The first-order valence-electron chi connectivity index (χ1n) is 7.54. The molecule has 3 atom stereocenters. The van der Waals surface area contributed by atoms with Crippen molar-refractivity contribution < 1.29 is 4.74 Å². The van der Waals surface area contributed by atoms with Crippen molar-refractivity contribution in [2.75, 3.05) is 7.11 Å². The van der Waals surface area contributed by atoms with Gasteiger partial charge in [0.25, 0.3) is 0 Å². The van der Waals surface area contributed by atoms with Gasteiger partial charge in [0, 0.05) is 19.2 Å². The molecule has 0 bridgehead atoms. The first-order chi connectivity index (χ1) is 9.78. The van der Waals surface area contributed by atoms with E-state index in [0.717, 1.165) is 6.42 Å². The maximum atomic E-state index is 5.46. The quantitative estimate of drug-likeness (QED) is 0.904. The third-order valence-electron chi connectivity index (χ3n) is 4.49. The summed E-state index contributed by atoms with van der Waals surface area (Å²) >= 11 is 0. The lowest BCUT2D eigenvalue weighted by molar-refractivity contribution is 0.106. The van der Waals surface area contributed by atoms with Crippen LogP contribution in [0, 0.1) is 0 Å². The van der Waals surface area contributed by atoms with Crippen LogP contribution in [-0.2, 0) is 4.74 Å². The van der Waals surface area contributed by atoms with Crippen LogP contribution in [0.1, 0.15) is 37.8 Å². The Kier molecular flexibility index (Phi) is 4.04. The summed E-state index contributed by atoms with van der Waals surface area (Å²) < 4.78 is 5.46. The average Bonchev–Trinajstić information content (AvgIpc) is 2.94. The van der Waals surface area contributed by atoms with E-state index in [4.69, 9.17) is 4.74 Å². The maximum absolute atomic E-state index is 5.46. The molecule has 0 amide bonds. The van der Waals surface area contributed by atoms with Crippen molar-refractivity contribution in [3.63, 3.8) is 0 Å². The molecular weight excluding hydrogens is 246 g/mol. The van der Waals surface area contributed by atoms with Crippen LogP contribution >= 0.6 is 0 Å². The van der Waals surface area contributed by atoms with E-state index in [1.807, 2.05) is 7.11 Å². The van der Waals surface area contributed by atoms with E-state index in [1.165, 1.54) is 29.2 Å². The summed E-state index contributed by atoms with van der Waals surface area (Å²) in [5.41, 5.74) is 1.39. The molecule has 20 heavy (non-hydrogen) atoms. The number of fused-ring (bicyclic) bond motifs is 1. The Hall–Kier alpha value is -1.38. The van der Waals surface area contributed by atoms with Gasteiger partial charge in [-0.2, -0.15) is 0 Å². The lowest BCUT2D eigenvalue weighted by Crippen LogP contribution is -2.30. The van der Waals surface area contributed by atoms with Gasteiger partial charge in [-0.05, 0) is 42.5 Å². The minimum atomic E-state index is 0.377. The van der Waals surface area contributed by atoms with E-state index in [2.05, 4.69) is 54.7 Å². The highest BCUT2D eigenvalue weighted by Gasteiger charge is 2.25. The molecule has 0 heterocycles. The number of rotatable bonds is 4. The average molecular weight is 269 g/mol. The fraction of sp³-hybridized carbons (Fsp3) is 0.444. The zero-order chi connectivity index (χ0) is 13.9. The molecule has 3 unspecified atom stereocenters. The molecule has 3 rings (SSSR count). The van der Waals surface area contributed by atoms with Crippen molar-refractivity contribution in [1.29, 1.82) is 0 Å². The Morgan fingerprint density at radius 1 is 1.10 bits per heavy atom. The molecule has 2 aromatic carbocycles. The maximum Gasteiger partial charge on any atom is 0.0586 e. The predicted molar refractivity (Wildman–Crippen MR) is 83.9 cm³/mol. The van der Waals surface area contributed by atoms with Crippen LogP contribution in [0.25, 0.3) is 10.8 Å². The predicted octanol–water partition coefficient (Wildman–Crippen LogP) is 4.06. The molecule has 0 aromatic heterocycles. The summed E-state index contributed by atoms with van der Waals surface area (Å²) in [6.45, 7) is 2.27. The van der Waals surface area contributed by atoms with Gasteiger partial charge in [0.2, 0.25) is 0 Å². The lowest BCUT2D eigenvalue weighted by Gasteiger charge is -2.21. The Morgan fingerprint density at radius 2 is 1.90 bits per heavy atom. The van der Waals surface area contributed by atoms with Crippen molar-refractivity contribution in [2.24, 2.45) is 0 Å². The molecule has 2 heteroatoms. The van der Waals surface area contributed by atoms with Crippen molar-refractivity contribution >= 4 is 10.8 Å². The highest BCUT2D eigenvalue weighted by atomic mass is 16.5. The molecule has 1 aliphatic carbocycles. The van der Waals surface area contributed by atoms with E-state index in [9.17, 15) is 0 Å². The van der Waals surface area contributed by atoms with E-state index >= 15 is 0 Å². The summed E-state index contributed by atoms with van der Waals surface area (Å²) in [5.74, 6) is 0. The fourth-order valence-corrected chi connectivity index (χ4v) is 3.38. The normalized spacial score (nSPS) is 24.1. The summed E-state index contributed by atoms with van der Waals surface area (Å²) in [6.07, 6.45) is 3.96. The van der Waals surface area contributed by atoms with Crippen LogP contribution in [0.2, 0.25) is 0 Å². The molecule has 1 aliphatic rings. The van der Waals surface area contributed by atoms with Gasteiger partial charge < -0.3 is 10.1 Å². The van der Waals surface area contributed by atoms with Gasteiger partial charge >= 0.3 is 0 Å². The van der Waals surface area contributed by atoms with Crippen molar-refractivity contribution in [3.05, 3.63) is 48.0 Å². The molecule has 0 spiro atoms. The number of methoxy groups -OCH3 is 1. The molecule has 0 aliphatic heterocycles. The molecule has 0 radical (unpaired) electrons. The Labute approximate surface area is 121 Å². The molecule has 1 N–H and O–H groups in total. The zero-order valence-corrected chi connectivity index (χ0v) is 12.3. The molecular formula is C18H23NO. The smallest absolute Gasteiger partial charge is 0.0586 e. The van der Waals surface area contributed by atoms with E-state index in [0.29, 0.717) is 18.2 Å². The summed E-state index contributed by atoms with van der Waals surface area (Å²) in [7, 11) is 1.82. The highest BCUT2D eigenvalue weighted by Crippen LogP contribution is 2.27. The Bertz CT molecular complexity index is 575. The minimum absolute atomic E-state index is 0.377. The van der Waals surface area contributed by atoms with E-state index in [1.54, 1.807) is 0 Å². The lowest BCUT2D eigenvalue weighted by atomic mass is 9.99. The second-order valence-electron chi connectivity index (χ2n) is 5.82. The summed E-state index contributed by atoms with van der Waals surface area (Å²) in [6, 6.07) is 16.2. The SMILES string of the molecule is COC1CCC(NC(C)c2cccc3ccccc23)C1. The summed E-state index contributed by atoms with van der Waals surface area (Å²) in [4.78, 5) is 0. The second kappa shape index (κ2) is 5.94.